The Morgan fingerprint density at radius 2 is 1.94 bits per heavy atom. The standard InChI is InChI=1S/C11H19NO6/c1-5(2)10(16)12-4-6-7(13)8(14)9(15)11(17-3)18-6/h6-9,11,13-15H,1,4H2,2-3H3,(H,12,16). The maximum atomic E-state index is 11.3. The monoisotopic (exact) mass is 261 g/mol. The van der Waals surface area contributed by atoms with E-state index in [1.807, 2.05) is 0 Å². The van der Waals surface area contributed by atoms with Gasteiger partial charge in [-0.2, -0.15) is 0 Å². The van der Waals surface area contributed by atoms with Gasteiger partial charge in [-0.25, -0.2) is 0 Å². The van der Waals surface area contributed by atoms with Crippen molar-refractivity contribution in [1.29, 1.82) is 0 Å². The smallest absolute Gasteiger partial charge is 0.246 e. The number of aliphatic hydroxyl groups excluding tert-OH is 3. The van der Waals surface area contributed by atoms with Crippen molar-refractivity contribution in [3.63, 3.8) is 0 Å². The Kier molecular flexibility index (Phi) is 5.24. The molecule has 4 N–H and O–H groups in total. The molecule has 1 fully saturated rings. The van der Waals surface area contributed by atoms with Gasteiger partial charge in [0.1, 0.15) is 24.4 Å². The molecule has 1 aliphatic heterocycles. The zero-order valence-corrected chi connectivity index (χ0v) is 10.4. The van der Waals surface area contributed by atoms with Crippen LogP contribution in [0.1, 0.15) is 6.92 Å². The quantitative estimate of drug-likeness (QED) is 0.442. The lowest BCUT2D eigenvalue weighted by atomic mass is 9.99. The van der Waals surface area contributed by atoms with E-state index in [0.29, 0.717) is 5.57 Å². The molecule has 1 amide bonds. The van der Waals surface area contributed by atoms with Crippen LogP contribution >= 0.6 is 0 Å². The molecule has 0 radical (unpaired) electrons. The number of amides is 1. The van der Waals surface area contributed by atoms with Gasteiger partial charge in [-0.1, -0.05) is 6.58 Å². The molecule has 0 bridgehead atoms. The fourth-order valence-electron chi connectivity index (χ4n) is 1.62. The highest BCUT2D eigenvalue weighted by atomic mass is 16.7. The van der Waals surface area contributed by atoms with E-state index in [2.05, 4.69) is 11.9 Å². The van der Waals surface area contributed by atoms with Gasteiger partial charge in [-0.3, -0.25) is 4.79 Å². The van der Waals surface area contributed by atoms with E-state index < -0.39 is 30.7 Å². The molecular weight excluding hydrogens is 242 g/mol. The minimum absolute atomic E-state index is 0.0174. The first-order valence-electron chi connectivity index (χ1n) is 5.54. The molecule has 7 heteroatoms. The lowest BCUT2D eigenvalue weighted by molar-refractivity contribution is -0.288. The van der Waals surface area contributed by atoms with Gasteiger partial charge in [0, 0.05) is 19.2 Å². The van der Waals surface area contributed by atoms with Gasteiger partial charge in [0.2, 0.25) is 5.91 Å². The minimum Gasteiger partial charge on any atom is -0.388 e. The van der Waals surface area contributed by atoms with Gasteiger partial charge in [0.25, 0.3) is 0 Å². The predicted octanol–water partition coefficient (Wildman–Crippen LogP) is -1.87. The van der Waals surface area contributed by atoms with Crippen LogP contribution in [0, 0.1) is 0 Å². The molecule has 0 spiro atoms. The van der Waals surface area contributed by atoms with Crippen molar-refractivity contribution < 1.29 is 29.6 Å². The summed E-state index contributed by atoms with van der Waals surface area (Å²) >= 11 is 0. The number of hydrogen-bond acceptors (Lipinski definition) is 6. The molecule has 104 valence electrons. The third kappa shape index (κ3) is 3.27. The molecule has 1 aliphatic rings. The Balaban J connectivity index is 2.59. The zero-order valence-electron chi connectivity index (χ0n) is 10.4. The van der Waals surface area contributed by atoms with Crippen molar-refractivity contribution in [1.82, 2.24) is 5.32 Å². The Morgan fingerprint density at radius 3 is 2.44 bits per heavy atom. The molecular formula is C11H19NO6. The molecule has 1 saturated heterocycles. The van der Waals surface area contributed by atoms with Gasteiger partial charge in [0.05, 0.1) is 0 Å². The van der Waals surface area contributed by atoms with Crippen LogP contribution < -0.4 is 5.32 Å². The molecule has 1 rings (SSSR count). The number of ether oxygens (including phenoxy) is 2. The number of hydrogen-bond donors (Lipinski definition) is 4. The maximum Gasteiger partial charge on any atom is 0.246 e. The normalized spacial score (nSPS) is 36.2. The lowest BCUT2D eigenvalue weighted by Gasteiger charge is -2.39. The molecule has 0 aliphatic carbocycles. The first kappa shape index (κ1) is 15.1. The van der Waals surface area contributed by atoms with Crippen LogP contribution in [0.15, 0.2) is 12.2 Å². The first-order valence-corrected chi connectivity index (χ1v) is 5.54. The van der Waals surface area contributed by atoms with Crippen molar-refractivity contribution in [2.45, 2.75) is 37.6 Å². The number of rotatable bonds is 4. The van der Waals surface area contributed by atoms with Crippen molar-refractivity contribution in [2.75, 3.05) is 13.7 Å². The fourth-order valence-corrected chi connectivity index (χ4v) is 1.62. The molecule has 0 aromatic heterocycles. The van der Waals surface area contributed by atoms with Crippen LogP contribution in [0.2, 0.25) is 0 Å². The topological polar surface area (TPSA) is 108 Å². The zero-order chi connectivity index (χ0) is 13.9. The predicted molar refractivity (Wildman–Crippen MR) is 61.5 cm³/mol. The van der Waals surface area contributed by atoms with Gasteiger partial charge in [-0.05, 0) is 6.92 Å². The summed E-state index contributed by atoms with van der Waals surface area (Å²) in [6, 6.07) is 0. The van der Waals surface area contributed by atoms with E-state index >= 15 is 0 Å². The molecule has 0 aromatic rings. The summed E-state index contributed by atoms with van der Waals surface area (Å²) in [6.45, 7) is 4.99. The van der Waals surface area contributed by atoms with Gasteiger partial charge < -0.3 is 30.1 Å². The molecule has 5 atom stereocenters. The van der Waals surface area contributed by atoms with Crippen LogP contribution in [-0.2, 0) is 14.3 Å². The number of carbonyl (C=O) groups excluding carboxylic acids is 1. The lowest BCUT2D eigenvalue weighted by Crippen LogP contribution is -2.60. The molecule has 0 aromatic carbocycles. The van der Waals surface area contributed by atoms with Crippen LogP contribution in [0.5, 0.6) is 0 Å². The SMILES string of the molecule is C=C(C)C(=O)NCC1OC(OC)C(O)C(O)C1O. The highest BCUT2D eigenvalue weighted by molar-refractivity contribution is 5.92. The van der Waals surface area contributed by atoms with Gasteiger partial charge in [0.15, 0.2) is 6.29 Å². The van der Waals surface area contributed by atoms with Gasteiger partial charge in [-0.15, -0.1) is 0 Å². The summed E-state index contributed by atoms with van der Waals surface area (Å²) in [5.41, 5.74) is 0.323. The number of methoxy groups -OCH3 is 1. The second kappa shape index (κ2) is 6.26. The third-order valence-corrected chi connectivity index (χ3v) is 2.75. The fraction of sp³-hybridized carbons (Fsp3) is 0.727. The number of carbonyl (C=O) groups is 1. The Morgan fingerprint density at radius 1 is 1.33 bits per heavy atom. The average Bonchev–Trinajstić information content (AvgIpc) is 2.34. The largest absolute Gasteiger partial charge is 0.388 e. The summed E-state index contributed by atoms with van der Waals surface area (Å²) < 4.78 is 10.1. The number of nitrogens with one attached hydrogen (secondary N) is 1. The summed E-state index contributed by atoms with van der Waals surface area (Å²) in [4.78, 5) is 11.3. The van der Waals surface area contributed by atoms with Crippen molar-refractivity contribution in [3.05, 3.63) is 12.2 Å². The van der Waals surface area contributed by atoms with E-state index in [9.17, 15) is 20.1 Å². The van der Waals surface area contributed by atoms with Gasteiger partial charge >= 0.3 is 0 Å². The Bertz CT molecular complexity index is 319. The van der Waals surface area contributed by atoms with Crippen molar-refractivity contribution in [3.8, 4) is 0 Å². The third-order valence-electron chi connectivity index (χ3n) is 2.75. The molecule has 1 heterocycles. The average molecular weight is 261 g/mol. The molecule has 5 unspecified atom stereocenters. The first-order chi connectivity index (χ1) is 8.38. The van der Waals surface area contributed by atoms with Crippen molar-refractivity contribution in [2.24, 2.45) is 0 Å². The van der Waals surface area contributed by atoms with E-state index in [0.717, 1.165) is 0 Å². The van der Waals surface area contributed by atoms with E-state index in [4.69, 9.17) is 9.47 Å². The maximum absolute atomic E-state index is 11.3. The highest BCUT2D eigenvalue weighted by Crippen LogP contribution is 2.21. The second-order valence-corrected chi connectivity index (χ2v) is 4.24. The molecule has 18 heavy (non-hydrogen) atoms. The van der Waals surface area contributed by atoms with Crippen LogP contribution in [0.25, 0.3) is 0 Å². The summed E-state index contributed by atoms with van der Waals surface area (Å²) in [5.74, 6) is -0.375. The van der Waals surface area contributed by atoms with Crippen LogP contribution in [-0.4, -0.2) is 65.6 Å². The van der Waals surface area contributed by atoms with Crippen LogP contribution in [0.4, 0.5) is 0 Å². The second-order valence-electron chi connectivity index (χ2n) is 4.24. The molecule has 0 saturated carbocycles. The Hall–Kier alpha value is -0.990. The summed E-state index contributed by atoms with van der Waals surface area (Å²) in [6.07, 6.45) is -5.95. The Labute approximate surface area is 105 Å². The van der Waals surface area contributed by atoms with E-state index in [1.165, 1.54) is 7.11 Å². The van der Waals surface area contributed by atoms with E-state index in [-0.39, 0.29) is 12.5 Å². The summed E-state index contributed by atoms with van der Waals surface area (Å²) in [7, 11) is 1.31. The molecule has 7 nitrogen and oxygen atoms in total. The number of aliphatic hydroxyl groups is 3. The highest BCUT2D eigenvalue weighted by Gasteiger charge is 2.43. The van der Waals surface area contributed by atoms with Crippen LogP contribution in [0.3, 0.4) is 0 Å². The minimum atomic E-state index is -1.39. The summed E-state index contributed by atoms with van der Waals surface area (Å²) in [5, 5.41) is 31.3. The van der Waals surface area contributed by atoms with E-state index in [1.54, 1.807) is 6.92 Å². The van der Waals surface area contributed by atoms with Crippen molar-refractivity contribution >= 4 is 5.91 Å².